The molecule has 0 aliphatic heterocycles. The van der Waals surface area contributed by atoms with Gasteiger partial charge in [0.2, 0.25) is 5.91 Å². The normalized spacial score (nSPS) is 20.7. The van der Waals surface area contributed by atoms with Crippen LogP contribution in [0.2, 0.25) is 0 Å². The van der Waals surface area contributed by atoms with Crippen molar-refractivity contribution >= 4 is 5.91 Å². The van der Waals surface area contributed by atoms with Gasteiger partial charge in [0, 0.05) is 18.8 Å². The van der Waals surface area contributed by atoms with Gasteiger partial charge < -0.3 is 5.32 Å². The highest BCUT2D eigenvalue weighted by atomic mass is 16.2. The predicted molar refractivity (Wildman–Crippen MR) is 84.9 cm³/mol. The molecule has 1 aromatic heterocycles. The van der Waals surface area contributed by atoms with Crippen LogP contribution in [-0.4, -0.2) is 21.1 Å². The van der Waals surface area contributed by atoms with Gasteiger partial charge in [-0.05, 0) is 25.7 Å². The zero-order chi connectivity index (χ0) is 17.0. The third kappa shape index (κ3) is 3.70. The van der Waals surface area contributed by atoms with Crippen LogP contribution in [0.1, 0.15) is 45.1 Å². The van der Waals surface area contributed by atoms with Gasteiger partial charge in [0.25, 0.3) is 5.56 Å². The lowest BCUT2D eigenvalue weighted by molar-refractivity contribution is -0.123. The average molecular weight is 318 g/mol. The van der Waals surface area contributed by atoms with Gasteiger partial charge >= 0.3 is 5.69 Å². The summed E-state index contributed by atoms with van der Waals surface area (Å²) in [6.45, 7) is 3.81. The molecule has 1 aromatic rings. The van der Waals surface area contributed by atoms with Crippen LogP contribution in [0.3, 0.4) is 0 Å². The van der Waals surface area contributed by atoms with Crippen molar-refractivity contribution in [2.45, 2.75) is 58.7 Å². The maximum absolute atomic E-state index is 12.2. The van der Waals surface area contributed by atoms with Crippen molar-refractivity contribution < 1.29 is 4.79 Å². The first-order valence-electron chi connectivity index (χ1n) is 8.01. The van der Waals surface area contributed by atoms with Gasteiger partial charge in [-0.3, -0.25) is 14.2 Å². The average Bonchev–Trinajstić information content (AvgIpc) is 2.54. The number of aromatic nitrogens is 2. The van der Waals surface area contributed by atoms with E-state index in [-0.39, 0.29) is 24.1 Å². The van der Waals surface area contributed by atoms with Crippen molar-refractivity contribution in [1.82, 2.24) is 14.5 Å². The molecule has 0 saturated heterocycles. The second-order valence-electron chi connectivity index (χ2n) is 6.05. The van der Waals surface area contributed by atoms with Crippen molar-refractivity contribution in [3.8, 4) is 6.07 Å². The van der Waals surface area contributed by atoms with Crippen LogP contribution in [0.4, 0.5) is 0 Å². The van der Waals surface area contributed by atoms with Crippen molar-refractivity contribution in [2.24, 2.45) is 5.92 Å². The lowest BCUT2D eigenvalue weighted by atomic mass is 9.86. The summed E-state index contributed by atoms with van der Waals surface area (Å²) < 4.78 is 2.10. The summed E-state index contributed by atoms with van der Waals surface area (Å²) in [4.78, 5) is 36.6. The summed E-state index contributed by atoms with van der Waals surface area (Å²) in [5, 5.41) is 11.9. The van der Waals surface area contributed by atoms with Crippen molar-refractivity contribution in [1.29, 1.82) is 5.26 Å². The minimum atomic E-state index is -0.714. The van der Waals surface area contributed by atoms with Gasteiger partial charge in [-0.2, -0.15) is 5.26 Å². The first kappa shape index (κ1) is 17.0. The van der Waals surface area contributed by atoms with Crippen molar-refractivity contribution in [2.75, 3.05) is 0 Å². The Labute approximate surface area is 134 Å². The Kier molecular flexibility index (Phi) is 5.37. The maximum atomic E-state index is 12.2. The van der Waals surface area contributed by atoms with Crippen molar-refractivity contribution in [3.63, 3.8) is 0 Å². The number of aryl methyl sites for hydroxylation is 1. The molecule has 0 spiro atoms. The van der Waals surface area contributed by atoms with Crippen LogP contribution in [0.15, 0.2) is 15.8 Å². The number of hydrogen-bond acceptors (Lipinski definition) is 4. The standard InChI is InChI=1S/C16H22N4O3/c1-3-19-9-12(8-17)15(22)20(16(19)23)10-14(21)18-13-7-5-4-6-11(13)2/h9,11,13H,3-7,10H2,1-2H3,(H,18,21). The van der Waals surface area contributed by atoms with Gasteiger partial charge in [0.1, 0.15) is 18.2 Å². The molecule has 2 rings (SSSR count). The summed E-state index contributed by atoms with van der Waals surface area (Å²) >= 11 is 0. The molecule has 0 aromatic carbocycles. The summed E-state index contributed by atoms with van der Waals surface area (Å²) in [7, 11) is 0. The molecule has 0 radical (unpaired) electrons. The van der Waals surface area contributed by atoms with E-state index in [1.165, 1.54) is 17.2 Å². The first-order chi connectivity index (χ1) is 11.0. The van der Waals surface area contributed by atoms with Gasteiger partial charge in [-0.1, -0.05) is 19.8 Å². The number of nitrogens with zero attached hydrogens (tertiary/aromatic N) is 3. The number of nitrogens with one attached hydrogen (secondary N) is 1. The molecular weight excluding hydrogens is 296 g/mol. The van der Waals surface area contributed by atoms with Gasteiger partial charge in [-0.15, -0.1) is 0 Å². The number of carbonyl (C=O) groups excluding carboxylic acids is 1. The van der Waals surface area contributed by atoms with E-state index in [0.29, 0.717) is 12.5 Å². The smallest absolute Gasteiger partial charge is 0.331 e. The minimum Gasteiger partial charge on any atom is -0.352 e. The molecule has 0 bridgehead atoms. The third-order valence-corrected chi connectivity index (χ3v) is 4.46. The van der Waals surface area contributed by atoms with E-state index in [1.54, 1.807) is 13.0 Å². The molecule has 23 heavy (non-hydrogen) atoms. The second-order valence-corrected chi connectivity index (χ2v) is 6.05. The molecule has 1 N–H and O–H groups in total. The van der Waals surface area contributed by atoms with Gasteiger partial charge in [-0.25, -0.2) is 9.36 Å². The van der Waals surface area contributed by atoms with Crippen LogP contribution < -0.4 is 16.6 Å². The molecule has 1 aliphatic rings. The van der Waals surface area contributed by atoms with E-state index in [9.17, 15) is 14.4 Å². The first-order valence-corrected chi connectivity index (χ1v) is 8.01. The number of nitriles is 1. The molecule has 124 valence electrons. The highest BCUT2D eigenvalue weighted by Gasteiger charge is 2.23. The summed E-state index contributed by atoms with van der Waals surface area (Å²) in [6, 6.07) is 1.86. The highest BCUT2D eigenvalue weighted by Crippen LogP contribution is 2.23. The molecular formula is C16H22N4O3. The van der Waals surface area contributed by atoms with Crippen molar-refractivity contribution in [3.05, 3.63) is 32.6 Å². The number of rotatable bonds is 4. The van der Waals surface area contributed by atoms with E-state index in [0.717, 1.165) is 23.8 Å². The minimum absolute atomic E-state index is 0.0829. The Hall–Kier alpha value is -2.36. The molecule has 1 heterocycles. The van der Waals surface area contributed by atoms with Crippen LogP contribution >= 0.6 is 0 Å². The summed E-state index contributed by atoms with van der Waals surface area (Å²) in [6.07, 6.45) is 5.46. The predicted octanol–water partition coefficient (Wildman–Crippen LogP) is 0.596. The van der Waals surface area contributed by atoms with Gasteiger partial charge in [0.05, 0.1) is 0 Å². The highest BCUT2D eigenvalue weighted by molar-refractivity contribution is 5.76. The monoisotopic (exact) mass is 318 g/mol. The molecule has 7 nitrogen and oxygen atoms in total. The fourth-order valence-electron chi connectivity index (χ4n) is 3.02. The topological polar surface area (TPSA) is 96.9 Å². The summed E-state index contributed by atoms with van der Waals surface area (Å²) in [5.74, 6) is 0.0304. The van der Waals surface area contributed by atoms with E-state index >= 15 is 0 Å². The number of amides is 1. The molecule has 1 saturated carbocycles. The van der Waals surface area contributed by atoms with Crippen LogP contribution in [0.5, 0.6) is 0 Å². The van der Waals surface area contributed by atoms with E-state index in [1.807, 2.05) is 0 Å². The van der Waals surface area contributed by atoms with E-state index < -0.39 is 11.2 Å². The molecule has 1 fully saturated rings. The fourth-order valence-corrected chi connectivity index (χ4v) is 3.02. The zero-order valence-electron chi connectivity index (χ0n) is 13.5. The lowest BCUT2D eigenvalue weighted by Crippen LogP contribution is -2.47. The van der Waals surface area contributed by atoms with Crippen LogP contribution in [0.25, 0.3) is 0 Å². The SMILES string of the molecule is CCn1cc(C#N)c(=O)n(CC(=O)NC2CCCCC2C)c1=O. The molecule has 7 heteroatoms. The van der Waals surface area contributed by atoms with Crippen LogP contribution in [0, 0.1) is 17.2 Å². The number of hydrogen-bond donors (Lipinski definition) is 1. The third-order valence-electron chi connectivity index (χ3n) is 4.46. The largest absolute Gasteiger partial charge is 0.352 e. The van der Waals surface area contributed by atoms with E-state index in [2.05, 4.69) is 12.2 Å². The van der Waals surface area contributed by atoms with Gasteiger partial charge in [0.15, 0.2) is 0 Å². The number of carbonyl (C=O) groups is 1. The quantitative estimate of drug-likeness (QED) is 0.879. The zero-order valence-corrected chi connectivity index (χ0v) is 13.5. The maximum Gasteiger partial charge on any atom is 0.331 e. The second kappa shape index (κ2) is 7.27. The van der Waals surface area contributed by atoms with E-state index in [4.69, 9.17) is 5.26 Å². The lowest BCUT2D eigenvalue weighted by Gasteiger charge is -2.29. The Morgan fingerprint density at radius 1 is 1.39 bits per heavy atom. The fraction of sp³-hybridized carbons (Fsp3) is 0.625. The Balaban J connectivity index is 2.22. The molecule has 2 unspecified atom stereocenters. The summed E-state index contributed by atoms with van der Waals surface area (Å²) in [5.41, 5.74) is -1.41. The Morgan fingerprint density at radius 3 is 2.70 bits per heavy atom. The molecule has 1 amide bonds. The van der Waals surface area contributed by atoms with Crippen LogP contribution in [-0.2, 0) is 17.9 Å². The molecule has 2 atom stereocenters. The molecule has 1 aliphatic carbocycles. The Bertz CT molecular complexity index is 741. The Morgan fingerprint density at radius 2 is 2.09 bits per heavy atom.